The Morgan fingerprint density at radius 3 is 2.16 bits per heavy atom. The average molecular weight is 426 g/mol. The molecule has 0 saturated heterocycles. The monoisotopic (exact) mass is 425 g/mol. The molecular formula is C18H20BrNO4S. The van der Waals surface area contributed by atoms with Crippen LogP contribution in [0, 0.1) is 6.92 Å². The molecule has 7 heteroatoms. The van der Waals surface area contributed by atoms with E-state index in [1.54, 1.807) is 50.2 Å². The van der Waals surface area contributed by atoms with Crippen LogP contribution in [0.25, 0.3) is 0 Å². The lowest BCUT2D eigenvalue weighted by Gasteiger charge is -2.24. The van der Waals surface area contributed by atoms with Crippen LogP contribution in [-0.4, -0.2) is 27.0 Å². The number of carbonyl (C=O) groups excluding carboxylic acids is 1. The first kappa shape index (κ1) is 19.5. The van der Waals surface area contributed by atoms with Gasteiger partial charge in [-0.05, 0) is 57.2 Å². The highest BCUT2D eigenvalue weighted by Gasteiger charge is 2.28. The van der Waals surface area contributed by atoms with Crippen LogP contribution in [0.4, 0.5) is 5.69 Å². The Balaban J connectivity index is 2.44. The van der Waals surface area contributed by atoms with Gasteiger partial charge < -0.3 is 4.74 Å². The highest BCUT2D eigenvalue weighted by molar-refractivity contribution is 9.10. The van der Waals surface area contributed by atoms with E-state index in [2.05, 4.69) is 15.9 Å². The molecule has 2 aromatic rings. The summed E-state index contributed by atoms with van der Waals surface area (Å²) in [5, 5.41) is 0. The van der Waals surface area contributed by atoms with Gasteiger partial charge in [0.15, 0.2) is 0 Å². The minimum absolute atomic E-state index is 0.105. The van der Waals surface area contributed by atoms with Crippen molar-refractivity contribution >= 4 is 37.6 Å². The summed E-state index contributed by atoms with van der Waals surface area (Å²) >= 11 is 3.29. The first-order chi connectivity index (χ1) is 11.7. The van der Waals surface area contributed by atoms with Crippen molar-refractivity contribution in [2.75, 3.05) is 10.8 Å². The third-order valence-corrected chi connectivity index (χ3v) is 5.68. The van der Waals surface area contributed by atoms with Gasteiger partial charge in [-0.15, -0.1) is 0 Å². The van der Waals surface area contributed by atoms with Gasteiger partial charge in [-0.25, -0.2) is 8.42 Å². The van der Waals surface area contributed by atoms with Crippen molar-refractivity contribution in [2.45, 2.75) is 31.8 Å². The van der Waals surface area contributed by atoms with Gasteiger partial charge in [0.1, 0.15) is 6.54 Å². The van der Waals surface area contributed by atoms with Crippen LogP contribution in [-0.2, 0) is 19.6 Å². The molecule has 0 aliphatic heterocycles. The van der Waals surface area contributed by atoms with Gasteiger partial charge in [0.05, 0.1) is 16.7 Å². The van der Waals surface area contributed by atoms with Crippen molar-refractivity contribution in [3.8, 4) is 0 Å². The second kappa shape index (κ2) is 8.01. The predicted molar refractivity (Wildman–Crippen MR) is 101 cm³/mol. The topological polar surface area (TPSA) is 63.7 Å². The minimum atomic E-state index is -3.90. The van der Waals surface area contributed by atoms with E-state index >= 15 is 0 Å². The molecule has 0 unspecified atom stereocenters. The molecule has 0 heterocycles. The molecule has 0 fully saturated rings. The van der Waals surface area contributed by atoms with Gasteiger partial charge in [0.25, 0.3) is 10.0 Å². The second-order valence-electron chi connectivity index (χ2n) is 5.84. The Kier molecular flexibility index (Phi) is 6.24. The highest BCUT2D eigenvalue weighted by atomic mass is 79.9. The van der Waals surface area contributed by atoms with Crippen LogP contribution in [0.5, 0.6) is 0 Å². The maximum absolute atomic E-state index is 13.1. The van der Waals surface area contributed by atoms with Crippen molar-refractivity contribution in [2.24, 2.45) is 0 Å². The Labute approximate surface area is 156 Å². The molecule has 0 N–H and O–H groups in total. The van der Waals surface area contributed by atoms with Crippen molar-refractivity contribution in [1.82, 2.24) is 0 Å². The van der Waals surface area contributed by atoms with E-state index in [-0.39, 0.29) is 17.5 Å². The van der Waals surface area contributed by atoms with Crippen molar-refractivity contribution in [1.29, 1.82) is 0 Å². The Morgan fingerprint density at radius 1 is 1.08 bits per heavy atom. The fourth-order valence-electron chi connectivity index (χ4n) is 2.18. The number of carbonyl (C=O) groups is 1. The maximum Gasteiger partial charge on any atom is 0.327 e. The fraction of sp³-hybridized carbons (Fsp3) is 0.278. The third kappa shape index (κ3) is 5.06. The van der Waals surface area contributed by atoms with Crippen LogP contribution < -0.4 is 4.31 Å². The summed E-state index contributed by atoms with van der Waals surface area (Å²) in [5.74, 6) is -0.601. The smallest absolute Gasteiger partial charge is 0.327 e. The lowest BCUT2D eigenvalue weighted by molar-refractivity contribution is -0.145. The van der Waals surface area contributed by atoms with E-state index in [0.717, 1.165) is 14.3 Å². The number of sulfonamides is 1. The highest BCUT2D eigenvalue weighted by Crippen LogP contribution is 2.25. The van der Waals surface area contributed by atoms with E-state index in [0.29, 0.717) is 5.69 Å². The van der Waals surface area contributed by atoms with Gasteiger partial charge >= 0.3 is 5.97 Å². The molecule has 2 rings (SSSR count). The van der Waals surface area contributed by atoms with Gasteiger partial charge in [-0.1, -0.05) is 33.6 Å². The number of nitrogens with zero attached hydrogens (tertiary/aromatic N) is 1. The standard InChI is InChI=1S/C18H20BrNO4S/c1-13(2)24-18(21)12-20(16-8-4-14(3)5-9-16)25(22,23)17-10-6-15(19)7-11-17/h4-11,13H,12H2,1-3H3. The molecule has 0 atom stereocenters. The quantitative estimate of drug-likeness (QED) is 0.658. The molecule has 0 aromatic heterocycles. The second-order valence-corrected chi connectivity index (χ2v) is 8.62. The average Bonchev–Trinajstić information content (AvgIpc) is 2.53. The van der Waals surface area contributed by atoms with Crippen LogP contribution in [0.15, 0.2) is 57.9 Å². The first-order valence-corrected chi connectivity index (χ1v) is 9.98. The maximum atomic E-state index is 13.1. The molecular weight excluding hydrogens is 406 g/mol. The van der Waals surface area contributed by atoms with E-state index in [4.69, 9.17) is 4.74 Å². The van der Waals surface area contributed by atoms with Crippen molar-refractivity contribution in [3.63, 3.8) is 0 Å². The van der Waals surface area contributed by atoms with E-state index in [9.17, 15) is 13.2 Å². The zero-order chi connectivity index (χ0) is 18.6. The summed E-state index contributed by atoms with van der Waals surface area (Å²) in [4.78, 5) is 12.2. The van der Waals surface area contributed by atoms with Crippen LogP contribution in [0.1, 0.15) is 19.4 Å². The molecule has 0 bridgehead atoms. The van der Waals surface area contributed by atoms with Crippen molar-refractivity contribution in [3.05, 3.63) is 58.6 Å². The number of ether oxygens (including phenoxy) is 1. The summed E-state index contributed by atoms with van der Waals surface area (Å²) in [6.45, 7) is 4.96. The van der Waals surface area contributed by atoms with Crippen molar-refractivity contribution < 1.29 is 17.9 Å². The Morgan fingerprint density at radius 2 is 1.64 bits per heavy atom. The molecule has 25 heavy (non-hydrogen) atoms. The normalized spacial score (nSPS) is 11.4. The molecule has 0 spiro atoms. The van der Waals surface area contributed by atoms with E-state index < -0.39 is 16.0 Å². The van der Waals surface area contributed by atoms with Gasteiger partial charge in [-0.2, -0.15) is 0 Å². The molecule has 0 aliphatic rings. The zero-order valence-electron chi connectivity index (χ0n) is 14.3. The number of hydrogen-bond acceptors (Lipinski definition) is 4. The Bertz CT molecular complexity index is 830. The molecule has 134 valence electrons. The predicted octanol–water partition coefficient (Wildman–Crippen LogP) is 3.90. The number of rotatable bonds is 6. The first-order valence-electron chi connectivity index (χ1n) is 7.74. The van der Waals surface area contributed by atoms with Crippen LogP contribution >= 0.6 is 15.9 Å². The SMILES string of the molecule is Cc1ccc(N(CC(=O)OC(C)C)S(=O)(=O)c2ccc(Br)cc2)cc1. The number of esters is 1. The lowest BCUT2D eigenvalue weighted by Crippen LogP contribution is -2.37. The molecule has 2 aromatic carbocycles. The molecule has 0 aliphatic carbocycles. The number of aryl methyl sites for hydroxylation is 1. The summed E-state index contributed by atoms with van der Waals surface area (Å²) < 4.78 is 33.1. The number of hydrogen-bond donors (Lipinski definition) is 0. The van der Waals surface area contributed by atoms with Gasteiger partial charge in [0, 0.05) is 4.47 Å². The Hall–Kier alpha value is -1.86. The van der Waals surface area contributed by atoms with E-state index in [1.807, 2.05) is 6.92 Å². The lowest BCUT2D eigenvalue weighted by atomic mass is 10.2. The van der Waals surface area contributed by atoms with Gasteiger partial charge in [-0.3, -0.25) is 9.10 Å². The molecule has 0 saturated carbocycles. The van der Waals surface area contributed by atoms with E-state index in [1.165, 1.54) is 12.1 Å². The van der Waals surface area contributed by atoms with Crippen LogP contribution in [0.3, 0.4) is 0 Å². The number of halogens is 1. The number of benzene rings is 2. The molecule has 0 amide bonds. The zero-order valence-corrected chi connectivity index (χ0v) is 16.7. The molecule has 5 nitrogen and oxygen atoms in total. The molecule has 0 radical (unpaired) electrons. The third-order valence-electron chi connectivity index (χ3n) is 3.36. The number of anilines is 1. The largest absolute Gasteiger partial charge is 0.462 e. The van der Waals surface area contributed by atoms with Crippen LogP contribution in [0.2, 0.25) is 0 Å². The summed E-state index contributed by atoms with van der Waals surface area (Å²) in [5.41, 5.74) is 1.41. The fourth-order valence-corrected chi connectivity index (χ4v) is 3.85. The summed E-state index contributed by atoms with van der Waals surface area (Å²) in [6.07, 6.45) is -0.317. The van der Waals surface area contributed by atoms with Gasteiger partial charge in [0.2, 0.25) is 0 Å². The summed E-state index contributed by atoms with van der Waals surface area (Å²) in [7, 11) is -3.90. The minimum Gasteiger partial charge on any atom is -0.462 e. The summed E-state index contributed by atoms with van der Waals surface area (Å²) in [6, 6.07) is 13.2.